The molecule has 1 aliphatic carbocycles. The van der Waals surface area contributed by atoms with E-state index < -0.39 is 11.6 Å². The number of pyridine rings is 2. The van der Waals surface area contributed by atoms with Gasteiger partial charge in [0.05, 0.1) is 29.9 Å². The number of amides is 1. The van der Waals surface area contributed by atoms with E-state index in [0.717, 1.165) is 35.9 Å². The molecule has 0 aliphatic heterocycles. The van der Waals surface area contributed by atoms with Gasteiger partial charge in [0.15, 0.2) is 5.67 Å². The van der Waals surface area contributed by atoms with Gasteiger partial charge in [0.1, 0.15) is 5.82 Å². The van der Waals surface area contributed by atoms with E-state index in [2.05, 4.69) is 20.3 Å². The number of carbonyl (C=O) groups excluding carboxylic acids is 1. The predicted molar refractivity (Wildman–Crippen MR) is 97.3 cm³/mol. The van der Waals surface area contributed by atoms with Crippen LogP contribution in [-0.2, 0) is 11.8 Å². The fourth-order valence-corrected chi connectivity index (χ4v) is 3.44. The van der Waals surface area contributed by atoms with Crippen molar-refractivity contribution in [2.75, 3.05) is 5.32 Å². The highest BCUT2D eigenvalue weighted by molar-refractivity contribution is 5.98. The summed E-state index contributed by atoms with van der Waals surface area (Å²) in [6.07, 6.45) is 9.86. The standard InChI is InChI=1S/C19H20FN5O/c1-25-12-21-11-16(25)14-7-13-8-17(23-10-15(13)22-9-14)24-18(26)19(20)5-3-2-4-6-19/h7-12H,2-6H2,1H3,(H,23,24,26). The first-order valence-corrected chi connectivity index (χ1v) is 8.78. The van der Waals surface area contributed by atoms with Crippen LogP contribution in [0.4, 0.5) is 10.2 Å². The summed E-state index contributed by atoms with van der Waals surface area (Å²) in [7, 11) is 1.91. The van der Waals surface area contributed by atoms with Crippen LogP contribution in [0.2, 0.25) is 0 Å². The van der Waals surface area contributed by atoms with Crippen molar-refractivity contribution in [1.82, 2.24) is 19.5 Å². The monoisotopic (exact) mass is 353 g/mol. The van der Waals surface area contributed by atoms with Crippen molar-refractivity contribution in [2.45, 2.75) is 37.8 Å². The van der Waals surface area contributed by atoms with E-state index in [4.69, 9.17) is 0 Å². The number of nitrogens with zero attached hydrogens (tertiary/aromatic N) is 4. The number of aromatic nitrogens is 4. The van der Waals surface area contributed by atoms with Gasteiger partial charge >= 0.3 is 0 Å². The molecule has 1 amide bonds. The molecule has 1 aliphatic rings. The molecule has 3 heterocycles. The lowest BCUT2D eigenvalue weighted by Gasteiger charge is -2.27. The number of alkyl halides is 1. The molecule has 1 N–H and O–H groups in total. The summed E-state index contributed by atoms with van der Waals surface area (Å²) in [6.45, 7) is 0. The van der Waals surface area contributed by atoms with E-state index in [1.165, 1.54) is 0 Å². The van der Waals surface area contributed by atoms with Crippen LogP contribution in [0.5, 0.6) is 0 Å². The third kappa shape index (κ3) is 3.05. The maximum Gasteiger partial charge on any atom is 0.263 e. The second-order valence-corrected chi connectivity index (χ2v) is 6.86. The van der Waals surface area contributed by atoms with Crippen LogP contribution in [0, 0.1) is 0 Å². The van der Waals surface area contributed by atoms with E-state index >= 15 is 0 Å². The number of hydrogen-bond donors (Lipinski definition) is 1. The summed E-state index contributed by atoms with van der Waals surface area (Å²) in [5.41, 5.74) is 0.771. The van der Waals surface area contributed by atoms with E-state index in [9.17, 15) is 9.18 Å². The first-order valence-electron chi connectivity index (χ1n) is 8.78. The van der Waals surface area contributed by atoms with Gasteiger partial charge in [0.25, 0.3) is 5.91 Å². The number of aryl methyl sites for hydroxylation is 1. The normalized spacial score (nSPS) is 16.5. The molecule has 0 aromatic carbocycles. The van der Waals surface area contributed by atoms with E-state index in [0.29, 0.717) is 11.3 Å². The molecule has 26 heavy (non-hydrogen) atoms. The zero-order valence-corrected chi connectivity index (χ0v) is 14.6. The number of halogens is 1. The Bertz CT molecular complexity index is 961. The molecular formula is C19H20FN5O. The van der Waals surface area contributed by atoms with Crippen molar-refractivity contribution in [3.8, 4) is 11.3 Å². The molecule has 0 bridgehead atoms. The molecule has 0 unspecified atom stereocenters. The molecule has 1 saturated carbocycles. The minimum atomic E-state index is -1.79. The van der Waals surface area contributed by atoms with Gasteiger partial charge in [0.2, 0.25) is 0 Å². The smallest absolute Gasteiger partial charge is 0.263 e. The van der Waals surface area contributed by atoms with Crippen molar-refractivity contribution in [3.05, 3.63) is 37.1 Å². The van der Waals surface area contributed by atoms with Crippen molar-refractivity contribution in [3.63, 3.8) is 0 Å². The van der Waals surface area contributed by atoms with Crippen LogP contribution in [0.3, 0.4) is 0 Å². The first-order chi connectivity index (χ1) is 12.5. The SMILES string of the molecule is Cn1cncc1-c1cnc2cnc(NC(=O)C3(F)CCCCC3)cc2c1. The number of hydrogen-bond acceptors (Lipinski definition) is 4. The Morgan fingerprint density at radius 3 is 2.69 bits per heavy atom. The average Bonchev–Trinajstić information content (AvgIpc) is 3.07. The Morgan fingerprint density at radius 1 is 1.15 bits per heavy atom. The molecule has 4 rings (SSSR count). The third-order valence-corrected chi connectivity index (χ3v) is 4.97. The van der Waals surface area contributed by atoms with Crippen LogP contribution >= 0.6 is 0 Å². The molecule has 0 atom stereocenters. The van der Waals surface area contributed by atoms with Crippen LogP contribution in [0.15, 0.2) is 37.1 Å². The Morgan fingerprint density at radius 2 is 1.96 bits per heavy atom. The molecule has 0 radical (unpaired) electrons. The van der Waals surface area contributed by atoms with Crippen LogP contribution in [0.25, 0.3) is 22.2 Å². The van der Waals surface area contributed by atoms with Crippen LogP contribution in [-0.4, -0.2) is 31.1 Å². The molecule has 0 saturated heterocycles. The summed E-state index contributed by atoms with van der Waals surface area (Å²) in [5.74, 6) is -0.256. The average molecular weight is 353 g/mol. The summed E-state index contributed by atoms with van der Waals surface area (Å²) in [5, 5.41) is 3.46. The van der Waals surface area contributed by atoms with Gasteiger partial charge in [-0.3, -0.25) is 9.78 Å². The second-order valence-electron chi connectivity index (χ2n) is 6.86. The quantitative estimate of drug-likeness (QED) is 0.780. The fourth-order valence-electron chi connectivity index (χ4n) is 3.44. The Labute approximate surface area is 150 Å². The lowest BCUT2D eigenvalue weighted by atomic mass is 9.86. The Balaban J connectivity index is 1.62. The number of anilines is 1. The lowest BCUT2D eigenvalue weighted by molar-refractivity contribution is -0.129. The van der Waals surface area contributed by atoms with Crippen molar-refractivity contribution in [2.24, 2.45) is 7.05 Å². The van der Waals surface area contributed by atoms with E-state index in [1.54, 1.807) is 31.0 Å². The molecule has 134 valence electrons. The third-order valence-electron chi connectivity index (χ3n) is 4.97. The maximum absolute atomic E-state index is 14.8. The number of rotatable bonds is 3. The van der Waals surface area contributed by atoms with Crippen molar-refractivity contribution >= 4 is 22.6 Å². The molecule has 3 aromatic rings. The Hall–Kier alpha value is -2.83. The molecular weight excluding hydrogens is 333 g/mol. The van der Waals surface area contributed by atoms with E-state index in [1.807, 2.05) is 17.7 Å². The highest BCUT2D eigenvalue weighted by Crippen LogP contribution is 2.33. The first kappa shape index (κ1) is 16.6. The van der Waals surface area contributed by atoms with Gasteiger partial charge in [-0.1, -0.05) is 6.42 Å². The van der Waals surface area contributed by atoms with E-state index in [-0.39, 0.29) is 12.8 Å². The van der Waals surface area contributed by atoms with Gasteiger partial charge in [-0.15, -0.1) is 0 Å². The minimum absolute atomic E-state index is 0.276. The van der Waals surface area contributed by atoms with Crippen LogP contribution < -0.4 is 5.32 Å². The van der Waals surface area contributed by atoms with Crippen molar-refractivity contribution in [1.29, 1.82) is 0 Å². The topological polar surface area (TPSA) is 72.7 Å². The maximum atomic E-state index is 14.8. The molecule has 0 spiro atoms. The molecule has 1 fully saturated rings. The van der Waals surface area contributed by atoms with Gasteiger partial charge in [-0.25, -0.2) is 14.4 Å². The molecule has 7 heteroatoms. The van der Waals surface area contributed by atoms with Gasteiger partial charge in [0, 0.05) is 24.2 Å². The second kappa shape index (κ2) is 6.48. The zero-order valence-electron chi connectivity index (χ0n) is 14.6. The fraction of sp³-hybridized carbons (Fsp3) is 0.368. The predicted octanol–water partition coefficient (Wildman–Crippen LogP) is 3.64. The van der Waals surface area contributed by atoms with Gasteiger partial charge in [-0.2, -0.15) is 0 Å². The molecule has 6 nitrogen and oxygen atoms in total. The largest absolute Gasteiger partial charge is 0.334 e. The number of carbonyl (C=O) groups is 1. The number of nitrogens with one attached hydrogen (secondary N) is 1. The summed E-state index contributed by atoms with van der Waals surface area (Å²) < 4.78 is 16.7. The molecule has 3 aromatic heterocycles. The highest BCUT2D eigenvalue weighted by Gasteiger charge is 2.39. The summed E-state index contributed by atoms with van der Waals surface area (Å²) in [6, 6.07) is 3.69. The number of fused-ring (bicyclic) bond motifs is 1. The Kier molecular flexibility index (Phi) is 4.14. The van der Waals surface area contributed by atoms with Crippen molar-refractivity contribution < 1.29 is 9.18 Å². The van der Waals surface area contributed by atoms with Gasteiger partial charge in [-0.05, 0) is 37.8 Å². The highest BCUT2D eigenvalue weighted by atomic mass is 19.1. The summed E-state index contributed by atoms with van der Waals surface area (Å²) >= 11 is 0. The zero-order chi connectivity index (χ0) is 18.1. The van der Waals surface area contributed by atoms with Gasteiger partial charge < -0.3 is 9.88 Å². The minimum Gasteiger partial charge on any atom is -0.334 e. The number of imidazole rings is 1. The lowest BCUT2D eigenvalue weighted by Crippen LogP contribution is -2.40. The van der Waals surface area contributed by atoms with Crippen LogP contribution in [0.1, 0.15) is 32.1 Å². The summed E-state index contributed by atoms with van der Waals surface area (Å²) in [4.78, 5) is 25.1.